The lowest BCUT2D eigenvalue weighted by Gasteiger charge is -2.45. The van der Waals surface area contributed by atoms with E-state index < -0.39 is 14.4 Å². The van der Waals surface area contributed by atoms with E-state index in [1.54, 1.807) is 7.11 Å². The number of hydrogen-bond donors (Lipinski definition) is 1. The van der Waals surface area contributed by atoms with Crippen LogP contribution in [-0.4, -0.2) is 39.3 Å². The van der Waals surface area contributed by atoms with E-state index in [1.807, 2.05) is 37.3 Å². The van der Waals surface area contributed by atoms with Crippen LogP contribution in [0.15, 0.2) is 36.9 Å². The first-order chi connectivity index (χ1) is 14.6. The van der Waals surface area contributed by atoms with Crippen molar-refractivity contribution >= 4 is 8.32 Å². The maximum Gasteiger partial charge on any atom is 0.200 e. The van der Waals surface area contributed by atoms with Gasteiger partial charge in [-0.25, -0.2) is 0 Å². The zero-order valence-electron chi connectivity index (χ0n) is 21.1. The van der Waals surface area contributed by atoms with Gasteiger partial charge in [0.2, 0.25) is 8.32 Å². The van der Waals surface area contributed by atoms with Crippen LogP contribution in [-0.2, 0) is 15.8 Å². The van der Waals surface area contributed by atoms with Gasteiger partial charge >= 0.3 is 0 Å². The summed E-state index contributed by atoms with van der Waals surface area (Å²) in [6.45, 7) is 20.8. The molecular weight excluding hydrogens is 404 g/mol. The molecule has 0 amide bonds. The average Bonchev–Trinajstić information content (AvgIpc) is 2.73. The molecule has 0 heterocycles. The molecule has 0 unspecified atom stereocenters. The van der Waals surface area contributed by atoms with Crippen molar-refractivity contribution in [2.24, 2.45) is 5.92 Å². The minimum Gasteiger partial charge on any atom is -0.497 e. The van der Waals surface area contributed by atoms with Gasteiger partial charge in [0.05, 0.1) is 19.8 Å². The molecular formula is C26H46O4Si. The predicted octanol–water partition coefficient (Wildman–Crippen LogP) is 6.74. The summed E-state index contributed by atoms with van der Waals surface area (Å²) in [5.74, 6) is 0.888. The molecule has 1 aromatic carbocycles. The molecule has 1 aromatic rings. The molecule has 0 bridgehead atoms. The molecule has 0 aliphatic carbocycles. The van der Waals surface area contributed by atoms with E-state index in [2.05, 4.69) is 48.1 Å². The maximum absolute atomic E-state index is 10.7. The molecule has 0 spiro atoms. The van der Waals surface area contributed by atoms with E-state index >= 15 is 0 Å². The summed E-state index contributed by atoms with van der Waals surface area (Å²) in [5, 5.41) is 10.7. The van der Waals surface area contributed by atoms with E-state index in [1.165, 1.54) is 0 Å². The Labute approximate surface area is 192 Å². The number of hydrogen-bond acceptors (Lipinski definition) is 4. The summed E-state index contributed by atoms with van der Waals surface area (Å²) in [7, 11) is -0.375. The van der Waals surface area contributed by atoms with Crippen molar-refractivity contribution in [3.05, 3.63) is 42.5 Å². The van der Waals surface area contributed by atoms with Crippen LogP contribution in [0.1, 0.15) is 66.9 Å². The van der Waals surface area contributed by atoms with Crippen molar-refractivity contribution in [3.8, 4) is 5.75 Å². The first kappa shape index (κ1) is 27.9. The van der Waals surface area contributed by atoms with Crippen LogP contribution in [0.4, 0.5) is 0 Å². The third kappa shape index (κ3) is 8.05. The normalized spacial score (nSPS) is 15.4. The SMILES string of the molecule is C=C[C@@H](C)[C@@H](O)C[C@@H](CCOCc1ccc(OC)cc1)O[Si](C(C)C)(C(C)C)C(C)C. The molecule has 5 heteroatoms. The lowest BCUT2D eigenvalue weighted by atomic mass is 9.98. The molecule has 178 valence electrons. The number of benzene rings is 1. The van der Waals surface area contributed by atoms with Gasteiger partial charge in [0.25, 0.3) is 0 Å². The van der Waals surface area contributed by atoms with Crippen molar-refractivity contribution in [1.29, 1.82) is 0 Å². The van der Waals surface area contributed by atoms with Crippen LogP contribution in [0.5, 0.6) is 5.75 Å². The van der Waals surface area contributed by atoms with Gasteiger partial charge in [-0.2, -0.15) is 0 Å². The molecule has 0 radical (unpaired) electrons. The quantitative estimate of drug-likeness (QED) is 0.183. The van der Waals surface area contributed by atoms with Crippen LogP contribution in [0.25, 0.3) is 0 Å². The summed E-state index contributed by atoms with van der Waals surface area (Å²) < 4.78 is 18.2. The van der Waals surface area contributed by atoms with Gasteiger partial charge in [-0.3, -0.25) is 0 Å². The standard InChI is InChI=1S/C26H46O4Si/c1-10-22(8)26(27)17-25(30-31(19(2)3,20(4)5)21(6)7)15-16-29-18-23-11-13-24(28-9)14-12-23/h10-14,19-22,25-27H,1,15-18H2,2-9H3/t22-,25-,26+/m1/s1. The fraction of sp³-hybridized carbons (Fsp3) is 0.692. The second-order valence-corrected chi connectivity index (χ2v) is 15.1. The van der Waals surface area contributed by atoms with Crippen molar-refractivity contribution in [2.45, 2.75) is 96.7 Å². The second-order valence-electron chi connectivity index (χ2n) is 9.64. The van der Waals surface area contributed by atoms with Crippen molar-refractivity contribution in [1.82, 2.24) is 0 Å². The highest BCUT2D eigenvalue weighted by Gasteiger charge is 2.46. The lowest BCUT2D eigenvalue weighted by Crippen LogP contribution is -2.51. The maximum atomic E-state index is 10.7. The molecule has 0 aliphatic heterocycles. The number of methoxy groups -OCH3 is 1. The van der Waals surface area contributed by atoms with Gasteiger partial charge in [-0.05, 0) is 53.1 Å². The van der Waals surface area contributed by atoms with Crippen LogP contribution >= 0.6 is 0 Å². The minimum absolute atomic E-state index is 0.0212. The first-order valence-corrected chi connectivity index (χ1v) is 13.9. The van der Waals surface area contributed by atoms with E-state index in [-0.39, 0.29) is 12.0 Å². The van der Waals surface area contributed by atoms with Gasteiger partial charge in [-0.1, -0.05) is 66.7 Å². The highest BCUT2D eigenvalue weighted by atomic mass is 28.4. The lowest BCUT2D eigenvalue weighted by molar-refractivity contribution is 0.0345. The van der Waals surface area contributed by atoms with Gasteiger partial charge in [0, 0.05) is 12.7 Å². The number of aliphatic hydroxyl groups is 1. The summed E-state index contributed by atoms with van der Waals surface area (Å²) in [6.07, 6.45) is 2.73. The number of aliphatic hydroxyl groups excluding tert-OH is 1. The Morgan fingerprint density at radius 1 is 0.968 bits per heavy atom. The van der Waals surface area contributed by atoms with Crippen molar-refractivity contribution in [2.75, 3.05) is 13.7 Å². The summed E-state index contributed by atoms with van der Waals surface area (Å²) in [5.41, 5.74) is 2.63. The first-order valence-electron chi connectivity index (χ1n) is 11.8. The van der Waals surface area contributed by atoms with E-state index in [9.17, 15) is 5.11 Å². The molecule has 0 saturated carbocycles. The van der Waals surface area contributed by atoms with E-state index in [4.69, 9.17) is 13.9 Å². The van der Waals surface area contributed by atoms with Crippen molar-refractivity contribution < 1.29 is 19.0 Å². The fourth-order valence-electron chi connectivity index (χ4n) is 4.69. The zero-order valence-corrected chi connectivity index (χ0v) is 22.1. The largest absolute Gasteiger partial charge is 0.497 e. The van der Waals surface area contributed by atoms with Crippen LogP contribution in [0.2, 0.25) is 16.6 Å². The zero-order chi connectivity index (χ0) is 23.6. The molecule has 1 rings (SSSR count). The number of rotatable bonds is 15. The molecule has 4 nitrogen and oxygen atoms in total. The number of ether oxygens (including phenoxy) is 2. The average molecular weight is 451 g/mol. The third-order valence-corrected chi connectivity index (χ3v) is 12.7. The minimum atomic E-state index is -2.04. The molecule has 3 atom stereocenters. The fourth-order valence-corrected chi connectivity index (χ4v) is 10.3. The summed E-state index contributed by atoms with van der Waals surface area (Å²) >= 11 is 0. The Bertz CT molecular complexity index is 605. The van der Waals surface area contributed by atoms with Gasteiger partial charge < -0.3 is 19.0 Å². The summed E-state index contributed by atoms with van der Waals surface area (Å²) in [4.78, 5) is 0. The molecule has 0 fully saturated rings. The van der Waals surface area contributed by atoms with Gasteiger partial charge in [0.1, 0.15) is 5.75 Å². The Balaban J connectivity index is 2.85. The van der Waals surface area contributed by atoms with Gasteiger partial charge in [-0.15, -0.1) is 6.58 Å². The molecule has 0 saturated heterocycles. The molecule has 0 aliphatic rings. The van der Waals surface area contributed by atoms with Gasteiger partial charge in [0.15, 0.2) is 0 Å². The predicted molar refractivity (Wildman–Crippen MR) is 133 cm³/mol. The van der Waals surface area contributed by atoms with Crippen LogP contribution < -0.4 is 4.74 Å². The Morgan fingerprint density at radius 3 is 1.97 bits per heavy atom. The Morgan fingerprint density at radius 2 is 1.52 bits per heavy atom. The smallest absolute Gasteiger partial charge is 0.200 e. The van der Waals surface area contributed by atoms with E-state index in [0.29, 0.717) is 36.3 Å². The van der Waals surface area contributed by atoms with Crippen LogP contribution in [0, 0.1) is 5.92 Å². The molecule has 31 heavy (non-hydrogen) atoms. The Kier molecular flexibility index (Phi) is 12.1. The molecule has 0 aromatic heterocycles. The third-order valence-electron chi connectivity index (χ3n) is 6.57. The summed E-state index contributed by atoms with van der Waals surface area (Å²) in [6, 6.07) is 7.95. The van der Waals surface area contributed by atoms with Crippen LogP contribution in [0.3, 0.4) is 0 Å². The van der Waals surface area contributed by atoms with Crippen molar-refractivity contribution in [3.63, 3.8) is 0 Å². The Hall–Kier alpha value is -1.14. The second kappa shape index (κ2) is 13.4. The van der Waals surface area contributed by atoms with E-state index in [0.717, 1.165) is 17.7 Å². The highest BCUT2D eigenvalue weighted by molar-refractivity contribution is 6.77. The monoisotopic (exact) mass is 450 g/mol. The molecule has 1 N–H and O–H groups in total. The highest BCUT2D eigenvalue weighted by Crippen LogP contribution is 2.43. The topological polar surface area (TPSA) is 47.9 Å².